The van der Waals surface area contributed by atoms with Gasteiger partial charge in [-0.25, -0.2) is 0 Å². The van der Waals surface area contributed by atoms with Gasteiger partial charge in [-0.15, -0.1) is 0 Å². The molecule has 0 saturated heterocycles. The monoisotopic (exact) mass is 668 g/mol. The summed E-state index contributed by atoms with van der Waals surface area (Å²) in [6.07, 6.45) is 1.96. The van der Waals surface area contributed by atoms with E-state index >= 15 is 0 Å². The molecule has 0 nitrogen and oxygen atoms in total. The summed E-state index contributed by atoms with van der Waals surface area (Å²) in [5, 5.41) is 14.1. The van der Waals surface area contributed by atoms with Crippen LogP contribution in [0.5, 0.6) is 0 Å². The van der Waals surface area contributed by atoms with Crippen LogP contribution in [0, 0.1) is 0 Å². The molecule has 0 atom stereocenters. The average Bonchev–Trinajstić information content (AvgIpc) is 3.78. The van der Waals surface area contributed by atoms with E-state index in [9.17, 15) is 0 Å². The Balaban J connectivity index is 1.34. The minimum atomic E-state index is -2.42. The van der Waals surface area contributed by atoms with Crippen molar-refractivity contribution >= 4 is 72.7 Å². The molecule has 1 heteroatoms. The molecule has 0 N–H and O–H groups in total. The van der Waals surface area contributed by atoms with E-state index in [0.717, 1.165) is 24.9 Å². The van der Waals surface area contributed by atoms with Crippen LogP contribution in [0.25, 0.3) is 64.6 Å². The summed E-state index contributed by atoms with van der Waals surface area (Å²) in [5.74, 6) is 0. The van der Waals surface area contributed by atoms with Gasteiger partial charge in [0, 0.05) is 0 Å². The highest BCUT2D eigenvalue weighted by atomic mass is 28.3. The van der Waals surface area contributed by atoms with Gasteiger partial charge in [0.2, 0.25) is 0 Å². The lowest BCUT2D eigenvalue weighted by atomic mass is 9.93. The van der Waals surface area contributed by atoms with Gasteiger partial charge in [-0.3, -0.25) is 0 Å². The van der Waals surface area contributed by atoms with Crippen molar-refractivity contribution in [3.05, 3.63) is 191 Å². The molecule has 0 saturated carbocycles. The Morgan fingerprint density at radius 1 is 0.373 bits per heavy atom. The maximum atomic E-state index is 2.50. The molecule has 8 aromatic carbocycles. The van der Waals surface area contributed by atoms with E-state index in [-0.39, 0.29) is 0 Å². The highest BCUT2D eigenvalue weighted by Crippen LogP contribution is 2.56. The van der Waals surface area contributed by atoms with Crippen molar-refractivity contribution in [2.45, 2.75) is 38.8 Å². The summed E-state index contributed by atoms with van der Waals surface area (Å²) in [5.41, 5.74) is 11.9. The number of benzene rings is 8. The lowest BCUT2D eigenvalue weighted by Crippen LogP contribution is -2.37. The third-order valence-corrected chi connectivity index (χ3v) is 17.7. The molecule has 51 heavy (non-hydrogen) atoms. The molecule has 0 radical (unpaired) electrons. The Bertz CT molecular complexity index is 2580. The van der Waals surface area contributed by atoms with Gasteiger partial charge in [-0.05, 0) is 111 Å². The smallest absolute Gasteiger partial charge is 0.0672 e. The van der Waals surface area contributed by atoms with E-state index in [1.165, 1.54) is 76.5 Å². The van der Waals surface area contributed by atoms with Crippen LogP contribution in [0.2, 0.25) is 12.1 Å². The van der Waals surface area contributed by atoms with Crippen molar-refractivity contribution in [2.75, 3.05) is 0 Å². The van der Waals surface area contributed by atoms with Gasteiger partial charge in [-0.2, -0.15) is 0 Å². The molecule has 0 bridgehead atoms. The molecular weight excluding hydrogens is 629 g/mol. The van der Waals surface area contributed by atoms with Crippen molar-refractivity contribution in [2.24, 2.45) is 0 Å². The number of hydrogen-bond donors (Lipinski definition) is 0. The van der Waals surface area contributed by atoms with Crippen LogP contribution in [0.1, 0.15) is 47.2 Å². The maximum Gasteiger partial charge on any atom is 0.120 e. The molecule has 0 aliphatic heterocycles. The van der Waals surface area contributed by atoms with Crippen molar-refractivity contribution in [3.8, 4) is 0 Å². The first-order chi connectivity index (χ1) is 25.2. The molecule has 2 aliphatic carbocycles. The first kappa shape index (κ1) is 30.3. The Morgan fingerprint density at radius 3 is 1.22 bits per heavy atom. The molecule has 0 spiro atoms. The Kier molecular flexibility index (Phi) is 7.01. The topological polar surface area (TPSA) is 0 Å². The predicted molar refractivity (Wildman–Crippen MR) is 224 cm³/mol. The standard InChI is InChI=1S/C50H40Si/c1-3-51(4-2,49-41-23-11-7-17-37(41)31-45(49)43-25-13-19-35-29-27-33-15-5-9-21-39(33)47(35)43)50-42-24-12-8-18-38(42)32-46(50)44-26-14-20-36-30-28-34-16-6-10-22-40(34)48(36)44/h5-30H,3-4,31-32H2,1-2H3. The number of allylic oxidation sites excluding steroid dienone is 2. The van der Waals surface area contributed by atoms with Crippen molar-refractivity contribution < 1.29 is 0 Å². The summed E-state index contributed by atoms with van der Waals surface area (Å²) < 4.78 is 0. The molecule has 0 fully saturated rings. The van der Waals surface area contributed by atoms with Gasteiger partial charge < -0.3 is 0 Å². The van der Waals surface area contributed by atoms with Crippen LogP contribution in [-0.2, 0) is 12.8 Å². The third kappa shape index (κ3) is 4.44. The van der Waals surface area contributed by atoms with E-state index < -0.39 is 8.07 Å². The highest BCUT2D eigenvalue weighted by Gasteiger charge is 2.47. The zero-order valence-electron chi connectivity index (χ0n) is 29.3. The molecule has 0 unspecified atom stereocenters. The Labute approximate surface area is 301 Å². The van der Waals surface area contributed by atoms with Gasteiger partial charge >= 0.3 is 0 Å². The van der Waals surface area contributed by atoms with Gasteiger partial charge in [-0.1, -0.05) is 184 Å². The van der Waals surface area contributed by atoms with E-state index in [4.69, 9.17) is 0 Å². The van der Waals surface area contributed by atoms with Gasteiger partial charge in [0.1, 0.15) is 8.07 Å². The van der Waals surface area contributed by atoms with Crippen molar-refractivity contribution in [1.29, 1.82) is 0 Å². The summed E-state index contributed by atoms with van der Waals surface area (Å²) in [6.45, 7) is 5.01. The second kappa shape index (κ2) is 11.8. The Hall–Kier alpha value is -5.50. The zero-order chi connectivity index (χ0) is 34.1. The van der Waals surface area contributed by atoms with Crippen molar-refractivity contribution in [3.63, 3.8) is 0 Å². The summed E-state index contributed by atoms with van der Waals surface area (Å²) in [6, 6.07) is 62.2. The lowest BCUT2D eigenvalue weighted by Gasteiger charge is -2.37. The van der Waals surface area contributed by atoms with Crippen LogP contribution >= 0.6 is 0 Å². The second-order valence-corrected chi connectivity index (χ2v) is 19.1. The largest absolute Gasteiger partial charge is 0.120 e. The van der Waals surface area contributed by atoms with E-state index in [0.29, 0.717) is 0 Å². The van der Waals surface area contributed by atoms with Gasteiger partial charge in [0.05, 0.1) is 0 Å². The fraction of sp³-hybridized carbons (Fsp3) is 0.120. The Morgan fingerprint density at radius 2 is 0.745 bits per heavy atom. The second-order valence-electron chi connectivity index (χ2n) is 14.5. The molecule has 0 aromatic heterocycles. The minimum Gasteiger partial charge on any atom is -0.0672 e. The van der Waals surface area contributed by atoms with E-state index in [1.807, 2.05) is 0 Å². The first-order valence-electron chi connectivity index (χ1n) is 18.7. The van der Waals surface area contributed by atoms with Crippen LogP contribution < -0.4 is 0 Å². The normalized spacial score (nSPS) is 14.3. The number of fused-ring (bicyclic) bond motifs is 8. The molecule has 244 valence electrons. The molecule has 10 rings (SSSR count). The first-order valence-corrected chi connectivity index (χ1v) is 21.1. The molecule has 8 aromatic rings. The summed E-state index contributed by atoms with van der Waals surface area (Å²) >= 11 is 0. The lowest BCUT2D eigenvalue weighted by molar-refractivity contribution is 1.29. The SMILES string of the molecule is CC[Si](CC)(C1=C(c2cccc3ccc4ccccc4c23)Cc2ccccc21)C1=C(c2cccc3ccc4ccccc4c23)Cc2ccccc21. The van der Waals surface area contributed by atoms with Crippen LogP contribution in [0.4, 0.5) is 0 Å². The van der Waals surface area contributed by atoms with Crippen LogP contribution in [-0.4, -0.2) is 8.07 Å². The quantitative estimate of drug-likeness (QED) is 0.122. The van der Waals surface area contributed by atoms with E-state index in [2.05, 4.69) is 172 Å². The fourth-order valence-corrected chi connectivity index (χ4v) is 15.3. The molecular formula is C50H40Si. The highest BCUT2D eigenvalue weighted by molar-refractivity contribution is 7.12. The number of rotatable bonds is 6. The van der Waals surface area contributed by atoms with Crippen LogP contribution in [0.3, 0.4) is 0 Å². The summed E-state index contributed by atoms with van der Waals surface area (Å²) in [7, 11) is -2.42. The van der Waals surface area contributed by atoms with Crippen LogP contribution in [0.15, 0.2) is 158 Å². The molecule has 0 heterocycles. The average molecular weight is 669 g/mol. The zero-order valence-corrected chi connectivity index (χ0v) is 30.3. The minimum absolute atomic E-state index is 0.978. The maximum absolute atomic E-state index is 2.50. The van der Waals surface area contributed by atoms with Gasteiger partial charge in [0.25, 0.3) is 0 Å². The molecule has 0 amide bonds. The van der Waals surface area contributed by atoms with Crippen molar-refractivity contribution in [1.82, 2.24) is 0 Å². The predicted octanol–water partition coefficient (Wildman–Crippen LogP) is 13.5. The number of hydrogen-bond acceptors (Lipinski definition) is 0. The fourth-order valence-electron chi connectivity index (χ4n) is 9.98. The van der Waals surface area contributed by atoms with Gasteiger partial charge in [0.15, 0.2) is 0 Å². The van der Waals surface area contributed by atoms with E-state index in [1.54, 1.807) is 21.5 Å². The summed E-state index contributed by atoms with van der Waals surface area (Å²) in [4.78, 5) is 0. The molecule has 2 aliphatic rings. The third-order valence-electron chi connectivity index (χ3n) is 12.3.